The molecule has 0 spiro atoms. The van der Waals surface area contributed by atoms with Crippen LogP contribution >= 0.6 is 0 Å². The molecule has 1 heterocycles. The van der Waals surface area contributed by atoms with Gasteiger partial charge in [-0.15, -0.1) is 0 Å². The van der Waals surface area contributed by atoms with Crippen LogP contribution in [0.5, 0.6) is 0 Å². The van der Waals surface area contributed by atoms with Gasteiger partial charge in [0.1, 0.15) is 0 Å². The Labute approximate surface area is 460 Å². The monoisotopic (exact) mass is 1070 g/mol. The number of aliphatic hydroxyl groups excluding tert-OH is 3. The summed E-state index contributed by atoms with van der Waals surface area (Å²) in [5.74, 6) is 3.25. The van der Waals surface area contributed by atoms with Gasteiger partial charge in [0, 0.05) is 29.4 Å². The van der Waals surface area contributed by atoms with Gasteiger partial charge in [-0.1, -0.05) is 154 Å². The maximum Gasteiger partial charge on any atom is 0.192 e. The van der Waals surface area contributed by atoms with Gasteiger partial charge in [-0.25, -0.2) is 9.97 Å². The van der Waals surface area contributed by atoms with Crippen LogP contribution in [0.4, 0.5) is 0 Å². The number of carbonyl (C=O) groups excluding carboxylic acids is 1. The normalized spacial score (nSPS) is 39.4. The number of hydrogen-bond donors (Lipinski definition) is 3. The average molecular weight is 1070 g/mol. The Morgan fingerprint density at radius 3 is 1.67 bits per heavy atom. The lowest BCUT2D eigenvalue weighted by atomic mass is 9.43. The van der Waals surface area contributed by atoms with Crippen LogP contribution in [0.25, 0.3) is 11.4 Å². The Morgan fingerprint density at radius 1 is 0.653 bits per heavy atom. The Morgan fingerprint density at radius 2 is 1.15 bits per heavy atom. The Kier molecular flexibility index (Phi) is 18.0. The van der Waals surface area contributed by atoms with E-state index in [0.29, 0.717) is 54.4 Å². The summed E-state index contributed by atoms with van der Waals surface area (Å²) in [5.41, 5.74) is 6.75. The molecule has 75 heavy (non-hydrogen) atoms. The van der Waals surface area contributed by atoms with Crippen molar-refractivity contribution in [2.24, 2.45) is 69.0 Å². The number of aliphatic hydroxyl groups is 3. The molecule has 16 atom stereocenters. The summed E-state index contributed by atoms with van der Waals surface area (Å²) in [7, 11) is -4.35. The summed E-state index contributed by atoms with van der Waals surface area (Å²) in [5, 5.41) is 33.1. The molecule has 8 aliphatic rings. The van der Waals surface area contributed by atoms with E-state index in [4.69, 9.17) is 18.8 Å². The second kappa shape index (κ2) is 21.4. The van der Waals surface area contributed by atoms with E-state index in [1.807, 2.05) is 36.5 Å². The van der Waals surface area contributed by atoms with E-state index >= 15 is 0 Å². The Balaban J connectivity index is 0.000000267. The highest BCUT2D eigenvalue weighted by molar-refractivity contribution is 6.74. The van der Waals surface area contributed by atoms with E-state index in [0.717, 1.165) is 74.7 Å². The maximum absolute atomic E-state index is 13.4. The fourth-order valence-corrected chi connectivity index (χ4v) is 19.2. The molecule has 1 aromatic heterocycles. The van der Waals surface area contributed by atoms with Gasteiger partial charge in [-0.05, 0) is 181 Å². The van der Waals surface area contributed by atoms with Gasteiger partial charge in [-0.2, -0.15) is 0 Å². The summed E-state index contributed by atoms with van der Waals surface area (Å²) in [4.78, 5) is 23.0. The molecule has 0 bridgehead atoms. The molecule has 1 aromatic carbocycles. The van der Waals surface area contributed by atoms with E-state index in [-0.39, 0.29) is 97.2 Å². The first-order chi connectivity index (χ1) is 32.9. The lowest BCUT2D eigenvalue weighted by Crippen LogP contribution is -2.68. The number of Topliss-reactive ketones (excluding diaryl/α,β-unsaturated/α-hetero) is 1. The number of hydrogen-bond acceptors (Lipinski definition) is 8. The third-order valence-corrected chi connectivity index (χ3v) is 32.1. The maximum atomic E-state index is 13.4. The van der Waals surface area contributed by atoms with E-state index in [9.17, 15) is 20.1 Å². The van der Waals surface area contributed by atoms with Gasteiger partial charge in [-0.3, -0.25) is 4.79 Å². The number of aromatic nitrogens is 2. The molecule has 2 aromatic rings. The Hall–Kier alpha value is -2.74. The number of carbonyl (C=O) groups is 1. The fourth-order valence-electron chi connectivity index (χ4n) is 16.5. The number of rotatable bonds is 5. The number of nitrogens with zero attached hydrogens (tertiary/aromatic N) is 2. The van der Waals surface area contributed by atoms with Gasteiger partial charge in [0.25, 0.3) is 0 Å². The van der Waals surface area contributed by atoms with Crippen molar-refractivity contribution in [2.45, 2.75) is 237 Å². The molecule has 0 amide bonds. The van der Waals surface area contributed by atoms with Gasteiger partial charge in [0.15, 0.2) is 28.2 Å². The van der Waals surface area contributed by atoms with Crippen LogP contribution in [0.3, 0.4) is 0 Å². The average Bonchev–Trinajstić information content (AvgIpc) is 3.78. The highest BCUT2D eigenvalue weighted by Gasteiger charge is 2.68. The largest absolute Gasteiger partial charge is 0.515 e. The zero-order valence-electron chi connectivity index (χ0n) is 46.3. The van der Waals surface area contributed by atoms with Crippen molar-refractivity contribution < 1.29 is 29.0 Å². The van der Waals surface area contributed by atoms with E-state index in [1.54, 1.807) is 0 Å². The summed E-state index contributed by atoms with van der Waals surface area (Å²) in [6.45, 7) is 42.0. The molecule has 422 valence electrons. The van der Waals surface area contributed by atoms with Gasteiger partial charge < -0.3 is 24.2 Å². The molecule has 8 aliphatic carbocycles. The number of allylic oxidation sites excluding steroid dienone is 3. The van der Waals surface area contributed by atoms with Crippen LogP contribution in [0.15, 0.2) is 72.7 Å². The standard InChI is InChI=1S/C33H58O4Si2.C28H34N2O2.4CH4/c1-21-14-15-23-27-24(16-17-32(21,23)8)33(9)19-22(20-34)26(35)18-25(33)28(36-38(10,11)30(2,3)4)29(27)37-39(12,13)31(5,6)7;1-16-9-10-19-23-20(11-12-27(16,19)2)28(3)14-18-15-29-26(17-7-5-4-6-8-17)30-22(18)13-21(28)24(31)25(23)32;;;;/h20,23-25,27-29,34H,1,14-19H2,2-13H3;4-8,15,19-21,23-25,31-32H,1,9-14H2,2-3H3;4*1H4/b22-20+;;;;;/t23?,24?,25?,27?,28-,29?,32-,33-;19?,20?,21?,23?,24-,25-,27-,28-;;;;/m11..../s1. The Bertz CT molecular complexity index is 2440. The summed E-state index contributed by atoms with van der Waals surface area (Å²) in [6.07, 6.45) is 13.3. The van der Waals surface area contributed by atoms with Crippen LogP contribution in [0.1, 0.15) is 174 Å². The second-order valence-electron chi connectivity index (χ2n) is 28.5. The third kappa shape index (κ3) is 10.1. The van der Waals surface area contributed by atoms with Crippen molar-refractivity contribution in [3.05, 3.63) is 83.9 Å². The number of benzene rings is 1. The predicted octanol–water partition coefficient (Wildman–Crippen LogP) is 16.3. The quantitative estimate of drug-likeness (QED) is 0.117. The van der Waals surface area contributed by atoms with E-state index in [2.05, 4.69) is 109 Å². The number of fused-ring (bicyclic) bond motifs is 11. The molecule has 7 saturated carbocycles. The van der Waals surface area contributed by atoms with Crippen molar-refractivity contribution in [1.29, 1.82) is 0 Å². The minimum absolute atomic E-state index is 0. The summed E-state index contributed by atoms with van der Waals surface area (Å²) >= 11 is 0. The third-order valence-electron chi connectivity index (χ3n) is 23.2. The molecule has 8 nitrogen and oxygen atoms in total. The molecule has 7 fully saturated rings. The molecular formula is C65H108N2O6Si2. The van der Waals surface area contributed by atoms with Crippen LogP contribution in [-0.4, -0.2) is 72.1 Å². The van der Waals surface area contributed by atoms with E-state index in [1.165, 1.54) is 23.1 Å². The molecule has 10 heteroatoms. The van der Waals surface area contributed by atoms with Crippen molar-refractivity contribution in [3.8, 4) is 11.4 Å². The number of ketones is 1. The van der Waals surface area contributed by atoms with Gasteiger partial charge >= 0.3 is 0 Å². The zero-order valence-corrected chi connectivity index (χ0v) is 48.3. The SMILES string of the molecule is C.C.C.C.C=C1CCC2C3C(CC[C@]12C)[C@@]1(C)Cc2cnc(-c4ccccc4)nc2CC1[C@@H](O)[C@@H]3O.C=C1CCC2C3C(O[Si](C)(C)C(C)(C)C)[C@H](O[Si](C)(C)C(C)(C)C)C4CC(=O)/C(=C/O)C[C@]4(C)C3CC[C@]12C. The van der Waals surface area contributed by atoms with Crippen molar-refractivity contribution in [3.63, 3.8) is 0 Å². The fraction of sp³-hybridized carbons (Fsp3) is 0.738. The lowest BCUT2D eigenvalue weighted by molar-refractivity contribution is -0.201. The smallest absolute Gasteiger partial charge is 0.192 e. The first kappa shape index (κ1) is 63.1. The van der Waals surface area contributed by atoms with Crippen molar-refractivity contribution in [2.75, 3.05) is 0 Å². The second-order valence-corrected chi connectivity index (χ2v) is 38.1. The predicted molar refractivity (Wildman–Crippen MR) is 318 cm³/mol. The highest BCUT2D eigenvalue weighted by atomic mass is 28.4. The van der Waals surface area contributed by atoms with Gasteiger partial charge in [0.2, 0.25) is 0 Å². The van der Waals surface area contributed by atoms with Crippen molar-refractivity contribution in [1.82, 2.24) is 9.97 Å². The summed E-state index contributed by atoms with van der Waals surface area (Å²) in [6, 6.07) is 10.1. The lowest BCUT2D eigenvalue weighted by Gasteiger charge is -2.66. The molecule has 0 radical (unpaired) electrons. The summed E-state index contributed by atoms with van der Waals surface area (Å²) < 4.78 is 15.1. The minimum atomic E-state index is -2.19. The molecule has 9 unspecified atom stereocenters. The zero-order chi connectivity index (χ0) is 51.8. The van der Waals surface area contributed by atoms with Gasteiger partial charge in [0.05, 0.1) is 30.7 Å². The molecule has 0 saturated heterocycles. The first-order valence-corrected chi connectivity index (χ1v) is 33.6. The molecule has 0 aliphatic heterocycles. The van der Waals surface area contributed by atoms with Crippen LogP contribution in [0, 0.1) is 69.0 Å². The minimum Gasteiger partial charge on any atom is -0.515 e. The van der Waals surface area contributed by atoms with Crippen LogP contribution < -0.4 is 0 Å². The van der Waals surface area contributed by atoms with Crippen molar-refractivity contribution >= 4 is 22.4 Å². The topological polar surface area (TPSA) is 122 Å². The molecule has 10 rings (SSSR count). The molecular weight excluding hydrogens is 961 g/mol. The molecule has 3 N–H and O–H groups in total. The highest BCUT2D eigenvalue weighted by Crippen LogP contribution is 2.70. The first-order valence-electron chi connectivity index (χ1n) is 27.8. The van der Waals surface area contributed by atoms with Crippen LogP contribution in [0.2, 0.25) is 36.3 Å². The van der Waals surface area contributed by atoms with E-state index < -0.39 is 28.8 Å². The van der Waals surface area contributed by atoms with Crippen LogP contribution in [-0.2, 0) is 26.5 Å².